The highest BCUT2D eigenvalue weighted by Gasteiger charge is 2.35. The first-order valence-corrected chi connectivity index (χ1v) is 15.6. The first-order valence-electron chi connectivity index (χ1n) is 13.8. The van der Waals surface area contributed by atoms with Crippen LogP contribution in [-0.2, 0) is 26.2 Å². The van der Waals surface area contributed by atoms with Crippen molar-refractivity contribution >= 4 is 39.1 Å². The van der Waals surface area contributed by atoms with Gasteiger partial charge in [0.1, 0.15) is 18.3 Å². The Bertz CT molecular complexity index is 1500. The maximum atomic E-state index is 14.3. The van der Waals surface area contributed by atoms with Gasteiger partial charge in [0, 0.05) is 17.1 Å². The number of anilines is 1. The SMILES string of the molecule is CC[C@H](C(=O)NC(C)(C)C)N(Cc1ccc(C)cc1)C(=O)CN(c1cc(Cl)ccc1OC)S(=O)(=O)c1ccc(C)cc1. The number of aryl methyl sites for hydroxylation is 2. The van der Waals surface area contributed by atoms with E-state index in [4.69, 9.17) is 16.3 Å². The molecule has 0 bridgehead atoms. The Morgan fingerprint density at radius 1 is 0.952 bits per heavy atom. The molecule has 10 heteroatoms. The summed E-state index contributed by atoms with van der Waals surface area (Å²) in [6.45, 7) is 10.8. The number of halogens is 1. The molecule has 3 rings (SSSR count). The van der Waals surface area contributed by atoms with E-state index < -0.39 is 34.1 Å². The highest BCUT2D eigenvalue weighted by atomic mass is 35.5. The van der Waals surface area contributed by atoms with Gasteiger partial charge in [-0.15, -0.1) is 0 Å². The minimum Gasteiger partial charge on any atom is -0.495 e. The number of hydrogen-bond donors (Lipinski definition) is 1. The van der Waals surface area contributed by atoms with Crippen molar-refractivity contribution in [2.75, 3.05) is 18.0 Å². The zero-order valence-corrected chi connectivity index (χ0v) is 26.8. The number of amides is 2. The number of methoxy groups -OCH3 is 1. The number of benzene rings is 3. The average Bonchev–Trinajstić information content (AvgIpc) is 2.91. The van der Waals surface area contributed by atoms with Crippen LogP contribution in [0, 0.1) is 13.8 Å². The fourth-order valence-electron chi connectivity index (χ4n) is 4.47. The number of carbonyl (C=O) groups is 2. The van der Waals surface area contributed by atoms with Gasteiger partial charge in [-0.25, -0.2) is 8.42 Å². The largest absolute Gasteiger partial charge is 0.495 e. The Morgan fingerprint density at radius 3 is 2.05 bits per heavy atom. The molecule has 0 heterocycles. The summed E-state index contributed by atoms with van der Waals surface area (Å²) in [5.41, 5.74) is 2.33. The van der Waals surface area contributed by atoms with E-state index in [9.17, 15) is 18.0 Å². The van der Waals surface area contributed by atoms with Crippen molar-refractivity contribution in [2.45, 2.75) is 71.0 Å². The lowest BCUT2D eigenvalue weighted by atomic mass is 10.1. The van der Waals surface area contributed by atoms with Gasteiger partial charge in [0.25, 0.3) is 10.0 Å². The molecular formula is C32H40ClN3O5S. The number of nitrogens with zero attached hydrogens (tertiary/aromatic N) is 2. The Hall–Kier alpha value is -3.56. The third-order valence-electron chi connectivity index (χ3n) is 6.66. The van der Waals surface area contributed by atoms with Crippen LogP contribution >= 0.6 is 11.6 Å². The smallest absolute Gasteiger partial charge is 0.264 e. The summed E-state index contributed by atoms with van der Waals surface area (Å²) in [6.07, 6.45) is 0.324. The summed E-state index contributed by atoms with van der Waals surface area (Å²) in [7, 11) is -2.85. The Balaban J connectivity index is 2.14. The van der Waals surface area contributed by atoms with Crippen molar-refractivity contribution in [3.8, 4) is 5.75 Å². The zero-order valence-electron chi connectivity index (χ0n) is 25.3. The lowest BCUT2D eigenvalue weighted by Gasteiger charge is -2.35. The van der Waals surface area contributed by atoms with Crippen LogP contribution in [0.4, 0.5) is 5.69 Å². The van der Waals surface area contributed by atoms with Crippen LogP contribution < -0.4 is 14.4 Å². The molecule has 0 saturated carbocycles. The van der Waals surface area contributed by atoms with Gasteiger partial charge >= 0.3 is 0 Å². The molecule has 1 atom stereocenters. The van der Waals surface area contributed by atoms with Gasteiger partial charge in [0.15, 0.2) is 0 Å². The van der Waals surface area contributed by atoms with E-state index in [1.54, 1.807) is 24.3 Å². The Morgan fingerprint density at radius 2 is 1.52 bits per heavy atom. The average molecular weight is 614 g/mol. The maximum Gasteiger partial charge on any atom is 0.264 e. The van der Waals surface area contributed by atoms with E-state index in [1.165, 1.54) is 30.2 Å². The van der Waals surface area contributed by atoms with Crippen molar-refractivity contribution in [1.82, 2.24) is 10.2 Å². The molecule has 0 aliphatic heterocycles. The number of carbonyl (C=O) groups excluding carboxylic acids is 2. The molecule has 0 aromatic heterocycles. The highest BCUT2D eigenvalue weighted by molar-refractivity contribution is 7.92. The molecule has 0 spiro atoms. The van der Waals surface area contributed by atoms with Gasteiger partial charge in [0.05, 0.1) is 17.7 Å². The standard InChI is InChI=1S/C32H40ClN3O5S/c1-8-27(31(38)34-32(4,5)6)35(20-24-13-9-22(2)10-14-24)30(37)21-36(28-19-25(33)15-18-29(28)41-7)42(39,40)26-16-11-23(3)12-17-26/h9-19,27H,8,20-21H2,1-7H3,(H,34,38)/t27-/m1/s1. The summed E-state index contributed by atoms with van der Waals surface area (Å²) in [4.78, 5) is 29.2. The zero-order chi connectivity index (χ0) is 31.2. The third-order valence-corrected chi connectivity index (χ3v) is 8.66. The van der Waals surface area contributed by atoms with Crippen LogP contribution in [0.3, 0.4) is 0 Å². The fraction of sp³-hybridized carbons (Fsp3) is 0.375. The van der Waals surface area contributed by atoms with Crippen molar-refractivity contribution in [1.29, 1.82) is 0 Å². The Kier molecular flexibility index (Phi) is 10.7. The minimum atomic E-state index is -4.26. The van der Waals surface area contributed by atoms with Crippen LogP contribution in [0.1, 0.15) is 50.8 Å². The molecule has 0 fully saturated rings. The number of nitrogens with one attached hydrogen (secondary N) is 1. The van der Waals surface area contributed by atoms with E-state index >= 15 is 0 Å². The molecule has 0 aliphatic rings. The minimum absolute atomic E-state index is 0.00512. The van der Waals surface area contributed by atoms with Crippen LogP contribution in [0.15, 0.2) is 71.6 Å². The van der Waals surface area contributed by atoms with Gasteiger partial charge < -0.3 is 15.0 Å². The molecule has 42 heavy (non-hydrogen) atoms. The Labute approximate surface area is 254 Å². The van der Waals surface area contributed by atoms with Crippen LogP contribution in [0.2, 0.25) is 5.02 Å². The lowest BCUT2D eigenvalue weighted by molar-refractivity contribution is -0.141. The van der Waals surface area contributed by atoms with E-state index in [1.807, 2.05) is 65.8 Å². The van der Waals surface area contributed by atoms with Gasteiger partial charge in [0.2, 0.25) is 11.8 Å². The van der Waals surface area contributed by atoms with Crippen LogP contribution in [0.25, 0.3) is 0 Å². The number of ether oxygens (including phenoxy) is 1. The topological polar surface area (TPSA) is 96.0 Å². The van der Waals surface area contributed by atoms with Crippen LogP contribution in [0.5, 0.6) is 5.75 Å². The number of rotatable bonds is 11. The maximum absolute atomic E-state index is 14.3. The van der Waals surface area contributed by atoms with Crippen molar-refractivity contribution in [3.63, 3.8) is 0 Å². The molecule has 2 amide bonds. The van der Waals surface area contributed by atoms with E-state index in [0.29, 0.717) is 6.42 Å². The third kappa shape index (κ3) is 8.26. The van der Waals surface area contributed by atoms with Crippen molar-refractivity contribution < 1.29 is 22.7 Å². The molecule has 8 nitrogen and oxygen atoms in total. The molecular weight excluding hydrogens is 574 g/mol. The van der Waals surface area contributed by atoms with Gasteiger partial charge in [-0.2, -0.15) is 0 Å². The summed E-state index contributed by atoms with van der Waals surface area (Å²) in [6, 6.07) is 17.8. The van der Waals surface area contributed by atoms with E-state index in [2.05, 4.69) is 5.32 Å². The molecule has 0 saturated heterocycles. The molecule has 3 aromatic carbocycles. The van der Waals surface area contributed by atoms with E-state index in [-0.39, 0.29) is 33.8 Å². The predicted octanol–water partition coefficient (Wildman–Crippen LogP) is 5.88. The molecule has 0 radical (unpaired) electrons. The number of hydrogen-bond acceptors (Lipinski definition) is 5. The van der Waals surface area contributed by atoms with Crippen LogP contribution in [-0.4, -0.2) is 50.4 Å². The first-order chi connectivity index (χ1) is 19.7. The highest BCUT2D eigenvalue weighted by Crippen LogP contribution is 2.35. The van der Waals surface area contributed by atoms with Gasteiger partial charge in [-0.3, -0.25) is 13.9 Å². The van der Waals surface area contributed by atoms with Gasteiger partial charge in [-0.1, -0.05) is 66.0 Å². The quantitative estimate of drug-likeness (QED) is 0.291. The predicted molar refractivity (Wildman–Crippen MR) is 167 cm³/mol. The fourth-order valence-corrected chi connectivity index (χ4v) is 6.05. The monoisotopic (exact) mass is 613 g/mol. The normalized spacial score (nSPS) is 12.4. The first kappa shape index (κ1) is 32.9. The summed E-state index contributed by atoms with van der Waals surface area (Å²) >= 11 is 6.30. The number of sulfonamides is 1. The summed E-state index contributed by atoms with van der Waals surface area (Å²) in [5.74, 6) is -0.645. The lowest BCUT2D eigenvalue weighted by Crippen LogP contribution is -2.55. The molecule has 0 unspecified atom stereocenters. The second-order valence-corrected chi connectivity index (χ2v) is 13.6. The summed E-state index contributed by atoms with van der Waals surface area (Å²) < 4.78 is 34.7. The van der Waals surface area contributed by atoms with Crippen molar-refractivity contribution in [2.24, 2.45) is 0 Å². The summed E-state index contributed by atoms with van der Waals surface area (Å²) in [5, 5.41) is 3.24. The molecule has 0 aliphatic carbocycles. The second kappa shape index (κ2) is 13.6. The van der Waals surface area contributed by atoms with Gasteiger partial charge in [-0.05, 0) is 76.9 Å². The second-order valence-electron chi connectivity index (χ2n) is 11.3. The molecule has 1 N–H and O–H groups in total. The molecule has 3 aromatic rings. The molecule has 226 valence electrons. The van der Waals surface area contributed by atoms with E-state index in [0.717, 1.165) is 21.0 Å². The van der Waals surface area contributed by atoms with Crippen molar-refractivity contribution in [3.05, 3.63) is 88.4 Å².